The van der Waals surface area contributed by atoms with E-state index in [9.17, 15) is 4.79 Å². The maximum absolute atomic E-state index is 12.1. The van der Waals surface area contributed by atoms with Crippen LogP contribution in [0.4, 0.5) is 0 Å². The molecule has 0 bridgehead atoms. The van der Waals surface area contributed by atoms with Crippen molar-refractivity contribution in [3.05, 3.63) is 30.1 Å². The molecule has 0 atom stereocenters. The Bertz CT molecular complexity index is 703. The molecular formula is C24H39N3O. The summed E-state index contributed by atoms with van der Waals surface area (Å²) in [5, 5.41) is 3.10. The number of hydrogen-bond acceptors (Lipinski definition) is 2. The Kier molecular flexibility index (Phi) is 10.1. The number of carbonyl (C=O) groups is 1. The normalized spacial score (nSPS) is 11.4. The molecule has 28 heavy (non-hydrogen) atoms. The standard InChI is InChI=1S/C24H39N3O/c1-4-7-8-9-10-13-19-27-22-16-12-11-15-21(22)26-23(27)17-14-18-25-24(28)20(5-2)6-3/h11-12,15-16,20H,4-10,13-14,17-19H2,1-3H3,(H,25,28). The molecule has 1 N–H and O–H groups in total. The number of para-hydroxylation sites is 2. The molecule has 2 aromatic rings. The molecule has 156 valence electrons. The van der Waals surface area contributed by atoms with Crippen LogP contribution in [0.25, 0.3) is 11.0 Å². The van der Waals surface area contributed by atoms with Gasteiger partial charge in [-0.15, -0.1) is 0 Å². The van der Waals surface area contributed by atoms with E-state index in [0.29, 0.717) is 0 Å². The Balaban J connectivity index is 1.89. The number of nitrogens with zero attached hydrogens (tertiary/aromatic N) is 2. The van der Waals surface area contributed by atoms with Crippen LogP contribution in [0.3, 0.4) is 0 Å². The SMILES string of the molecule is CCCCCCCCn1c(CCCNC(=O)C(CC)CC)nc2ccccc21. The van der Waals surface area contributed by atoms with Crippen LogP contribution in [0, 0.1) is 5.92 Å². The monoisotopic (exact) mass is 385 g/mol. The van der Waals surface area contributed by atoms with Crippen molar-refractivity contribution in [3.63, 3.8) is 0 Å². The number of rotatable bonds is 14. The third-order valence-corrected chi connectivity index (χ3v) is 5.70. The zero-order chi connectivity index (χ0) is 20.2. The zero-order valence-corrected chi connectivity index (χ0v) is 18.2. The van der Waals surface area contributed by atoms with Crippen LogP contribution in [0.5, 0.6) is 0 Å². The molecule has 4 nitrogen and oxygen atoms in total. The van der Waals surface area contributed by atoms with E-state index in [1.165, 1.54) is 44.0 Å². The summed E-state index contributed by atoms with van der Waals surface area (Å²) >= 11 is 0. The summed E-state index contributed by atoms with van der Waals surface area (Å²) < 4.78 is 2.40. The molecule has 1 aromatic carbocycles. The van der Waals surface area contributed by atoms with Crippen LogP contribution >= 0.6 is 0 Å². The van der Waals surface area contributed by atoms with Gasteiger partial charge in [0.15, 0.2) is 0 Å². The number of nitrogens with one attached hydrogen (secondary N) is 1. The Hall–Kier alpha value is -1.84. The van der Waals surface area contributed by atoms with E-state index in [1.54, 1.807) is 0 Å². The highest BCUT2D eigenvalue weighted by molar-refractivity contribution is 5.78. The average molecular weight is 386 g/mol. The van der Waals surface area contributed by atoms with Crippen molar-refractivity contribution in [2.24, 2.45) is 5.92 Å². The second kappa shape index (κ2) is 12.6. The molecule has 0 aliphatic rings. The molecule has 1 amide bonds. The lowest BCUT2D eigenvalue weighted by Gasteiger charge is -2.13. The molecule has 0 fully saturated rings. The van der Waals surface area contributed by atoms with Gasteiger partial charge >= 0.3 is 0 Å². The average Bonchev–Trinajstić information content (AvgIpc) is 3.06. The smallest absolute Gasteiger partial charge is 0.223 e. The van der Waals surface area contributed by atoms with Gasteiger partial charge in [0, 0.05) is 25.4 Å². The first-order valence-electron chi connectivity index (χ1n) is 11.4. The summed E-state index contributed by atoms with van der Waals surface area (Å²) in [5.74, 6) is 1.51. The largest absolute Gasteiger partial charge is 0.356 e. The van der Waals surface area contributed by atoms with Gasteiger partial charge in [0.25, 0.3) is 0 Å². The van der Waals surface area contributed by atoms with Crippen molar-refractivity contribution in [2.45, 2.75) is 91.5 Å². The molecule has 0 aliphatic heterocycles. The Morgan fingerprint density at radius 3 is 2.46 bits per heavy atom. The Morgan fingerprint density at radius 1 is 1.00 bits per heavy atom. The predicted molar refractivity (Wildman–Crippen MR) is 119 cm³/mol. The van der Waals surface area contributed by atoms with Gasteiger partial charge in [0.2, 0.25) is 5.91 Å². The summed E-state index contributed by atoms with van der Waals surface area (Å²) in [5.41, 5.74) is 2.33. The fourth-order valence-electron chi connectivity index (χ4n) is 3.88. The lowest BCUT2D eigenvalue weighted by molar-refractivity contribution is -0.125. The van der Waals surface area contributed by atoms with Crippen molar-refractivity contribution in [1.29, 1.82) is 0 Å². The number of benzene rings is 1. The van der Waals surface area contributed by atoms with E-state index in [4.69, 9.17) is 4.98 Å². The summed E-state index contributed by atoms with van der Waals surface area (Å²) in [6.07, 6.45) is 11.5. The summed E-state index contributed by atoms with van der Waals surface area (Å²) in [7, 11) is 0. The number of unbranched alkanes of at least 4 members (excludes halogenated alkanes) is 5. The lowest BCUT2D eigenvalue weighted by Crippen LogP contribution is -2.31. The van der Waals surface area contributed by atoms with Gasteiger partial charge in [-0.25, -0.2) is 4.98 Å². The first-order valence-corrected chi connectivity index (χ1v) is 11.4. The van der Waals surface area contributed by atoms with Crippen LogP contribution in [0.15, 0.2) is 24.3 Å². The predicted octanol–water partition coefficient (Wildman–Crippen LogP) is 5.88. The molecule has 0 unspecified atom stereocenters. The number of imidazole rings is 1. The van der Waals surface area contributed by atoms with E-state index in [-0.39, 0.29) is 11.8 Å². The third-order valence-electron chi connectivity index (χ3n) is 5.70. The van der Waals surface area contributed by atoms with E-state index >= 15 is 0 Å². The molecule has 0 saturated heterocycles. The molecule has 0 spiro atoms. The molecule has 0 radical (unpaired) electrons. The van der Waals surface area contributed by atoms with Crippen molar-refractivity contribution < 1.29 is 4.79 Å². The Labute approximate surface area is 171 Å². The highest BCUT2D eigenvalue weighted by Crippen LogP contribution is 2.19. The van der Waals surface area contributed by atoms with Crippen molar-refractivity contribution in [2.75, 3.05) is 6.54 Å². The second-order valence-corrected chi connectivity index (χ2v) is 7.84. The molecular weight excluding hydrogens is 346 g/mol. The van der Waals surface area contributed by atoms with Gasteiger partial charge < -0.3 is 9.88 Å². The number of hydrogen-bond donors (Lipinski definition) is 1. The highest BCUT2D eigenvalue weighted by atomic mass is 16.1. The van der Waals surface area contributed by atoms with Crippen LogP contribution in [-0.4, -0.2) is 22.0 Å². The van der Waals surface area contributed by atoms with Crippen LogP contribution in [0.2, 0.25) is 0 Å². The van der Waals surface area contributed by atoms with Gasteiger partial charge in [-0.3, -0.25) is 4.79 Å². The summed E-state index contributed by atoms with van der Waals surface area (Å²) in [6.45, 7) is 8.20. The van der Waals surface area contributed by atoms with E-state index in [0.717, 1.165) is 50.1 Å². The molecule has 0 saturated carbocycles. The Morgan fingerprint density at radius 2 is 1.71 bits per heavy atom. The van der Waals surface area contributed by atoms with Crippen LogP contribution in [-0.2, 0) is 17.8 Å². The van der Waals surface area contributed by atoms with Gasteiger partial charge in [-0.1, -0.05) is 65.0 Å². The van der Waals surface area contributed by atoms with Crippen molar-refractivity contribution in [1.82, 2.24) is 14.9 Å². The maximum atomic E-state index is 12.1. The van der Waals surface area contributed by atoms with Gasteiger partial charge in [-0.05, 0) is 37.8 Å². The molecule has 4 heteroatoms. The number of amides is 1. The van der Waals surface area contributed by atoms with Gasteiger partial charge in [0.1, 0.15) is 5.82 Å². The number of carbonyl (C=O) groups excluding carboxylic acids is 1. The fraction of sp³-hybridized carbons (Fsp3) is 0.667. The van der Waals surface area contributed by atoms with Gasteiger partial charge in [-0.2, -0.15) is 0 Å². The lowest BCUT2D eigenvalue weighted by atomic mass is 10.0. The van der Waals surface area contributed by atoms with Crippen molar-refractivity contribution in [3.8, 4) is 0 Å². The van der Waals surface area contributed by atoms with E-state index in [1.807, 2.05) is 0 Å². The first-order chi connectivity index (χ1) is 13.7. The number of fused-ring (bicyclic) bond motifs is 1. The second-order valence-electron chi connectivity index (χ2n) is 7.84. The molecule has 0 aliphatic carbocycles. The number of aryl methyl sites for hydroxylation is 2. The van der Waals surface area contributed by atoms with E-state index < -0.39 is 0 Å². The van der Waals surface area contributed by atoms with Crippen LogP contribution < -0.4 is 5.32 Å². The van der Waals surface area contributed by atoms with Crippen molar-refractivity contribution >= 4 is 16.9 Å². The first kappa shape index (κ1) is 22.4. The maximum Gasteiger partial charge on any atom is 0.223 e. The molecule has 2 rings (SSSR count). The molecule has 1 aromatic heterocycles. The molecule has 1 heterocycles. The fourth-order valence-corrected chi connectivity index (χ4v) is 3.88. The minimum absolute atomic E-state index is 0.150. The van der Waals surface area contributed by atoms with Gasteiger partial charge in [0.05, 0.1) is 11.0 Å². The minimum Gasteiger partial charge on any atom is -0.356 e. The van der Waals surface area contributed by atoms with Crippen LogP contribution in [0.1, 0.15) is 84.4 Å². The van der Waals surface area contributed by atoms with E-state index in [2.05, 4.69) is 54.9 Å². The topological polar surface area (TPSA) is 46.9 Å². The zero-order valence-electron chi connectivity index (χ0n) is 18.2. The minimum atomic E-state index is 0.150. The quantitative estimate of drug-likeness (QED) is 0.413. The summed E-state index contributed by atoms with van der Waals surface area (Å²) in [6, 6.07) is 8.44. The summed E-state index contributed by atoms with van der Waals surface area (Å²) in [4.78, 5) is 17.0. The third kappa shape index (κ3) is 6.65. The highest BCUT2D eigenvalue weighted by Gasteiger charge is 2.14. The number of aromatic nitrogens is 2.